The van der Waals surface area contributed by atoms with Crippen LogP contribution in [-0.2, 0) is 6.54 Å². The fourth-order valence-electron chi connectivity index (χ4n) is 2.21. The molecule has 17 heavy (non-hydrogen) atoms. The minimum absolute atomic E-state index is 0.395. The number of anilines is 1. The second kappa shape index (κ2) is 3.63. The highest BCUT2D eigenvalue weighted by Crippen LogP contribution is 2.35. The molecule has 0 spiro atoms. The highest BCUT2D eigenvalue weighted by molar-refractivity contribution is 5.96. The molecule has 0 unspecified atom stereocenters. The molecule has 0 aliphatic carbocycles. The average Bonchev–Trinajstić information content (AvgIpc) is 2.38. The maximum Gasteiger partial charge on any atom is 0.248 e. The lowest BCUT2D eigenvalue weighted by atomic mass is 9.93. The van der Waals surface area contributed by atoms with Crippen LogP contribution in [0.5, 0.6) is 0 Å². The molecule has 2 aromatic rings. The van der Waals surface area contributed by atoms with Gasteiger partial charge in [0.05, 0.1) is 0 Å². The summed E-state index contributed by atoms with van der Waals surface area (Å²) < 4.78 is 0. The number of fused-ring (bicyclic) bond motifs is 3. The molecule has 0 bridgehead atoms. The number of benzene rings is 2. The fourth-order valence-corrected chi connectivity index (χ4v) is 2.21. The zero-order chi connectivity index (χ0) is 11.8. The highest BCUT2D eigenvalue weighted by Gasteiger charge is 2.15. The third-order valence-electron chi connectivity index (χ3n) is 3.08. The fraction of sp³-hybridized carbons (Fsp3) is 0.0714. The van der Waals surface area contributed by atoms with Gasteiger partial charge in [-0.3, -0.25) is 4.79 Å². The van der Waals surface area contributed by atoms with Gasteiger partial charge in [0.15, 0.2) is 0 Å². The summed E-state index contributed by atoms with van der Waals surface area (Å²) in [4.78, 5) is 11.1. The first-order valence-electron chi connectivity index (χ1n) is 5.52. The number of hydrogen-bond donors (Lipinski definition) is 2. The van der Waals surface area contributed by atoms with Gasteiger partial charge in [0, 0.05) is 23.4 Å². The van der Waals surface area contributed by atoms with E-state index in [2.05, 4.69) is 17.4 Å². The van der Waals surface area contributed by atoms with Crippen LogP contribution in [0.15, 0.2) is 42.5 Å². The molecule has 0 radical (unpaired) electrons. The van der Waals surface area contributed by atoms with E-state index in [1.54, 1.807) is 6.07 Å². The number of nitrogens with one attached hydrogen (secondary N) is 1. The van der Waals surface area contributed by atoms with Gasteiger partial charge >= 0.3 is 0 Å². The van der Waals surface area contributed by atoms with Crippen molar-refractivity contribution in [2.24, 2.45) is 5.73 Å². The summed E-state index contributed by atoms with van der Waals surface area (Å²) in [5, 5.41) is 3.31. The Morgan fingerprint density at radius 2 is 1.94 bits per heavy atom. The van der Waals surface area contributed by atoms with Crippen LogP contribution in [-0.4, -0.2) is 5.91 Å². The van der Waals surface area contributed by atoms with Crippen LogP contribution in [0.3, 0.4) is 0 Å². The molecule has 0 saturated heterocycles. The molecule has 1 heterocycles. The Hall–Kier alpha value is -2.29. The molecule has 0 atom stereocenters. The monoisotopic (exact) mass is 224 g/mol. The molecule has 1 amide bonds. The molecule has 3 heteroatoms. The lowest BCUT2D eigenvalue weighted by Gasteiger charge is -2.21. The molecule has 3 rings (SSSR count). The standard InChI is InChI=1S/C14H12N2O/c15-14(17)9-5-6-12-11-4-2-1-3-10(11)8-16-13(12)7-9/h1-7,16H,8H2,(H2,15,17). The first kappa shape index (κ1) is 9.90. The molecule has 3 nitrogen and oxygen atoms in total. The van der Waals surface area contributed by atoms with E-state index >= 15 is 0 Å². The molecule has 2 aromatic carbocycles. The predicted octanol–water partition coefficient (Wildman–Crippen LogP) is 2.38. The summed E-state index contributed by atoms with van der Waals surface area (Å²) in [6.45, 7) is 0.783. The van der Waals surface area contributed by atoms with Crippen molar-refractivity contribution in [1.82, 2.24) is 0 Å². The predicted molar refractivity (Wildman–Crippen MR) is 67.7 cm³/mol. The molecule has 84 valence electrons. The van der Waals surface area contributed by atoms with Crippen molar-refractivity contribution < 1.29 is 4.79 Å². The number of amides is 1. The zero-order valence-corrected chi connectivity index (χ0v) is 9.23. The molecule has 0 aromatic heterocycles. The van der Waals surface area contributed by atoms with E-state index < -0.39 is 5.91 Å². The van der Waals surface area contributed by atoms with Crippen molar-refractivity contribution >= 4 is 11.6 Å². The lowest BCUT2D eigenvalue weighted by Crippen LogP contribution is -2.13. The summed E-state index contributed by atoms with van der Waals surface area (Å²) in [5.74, 6) is -0.395. The molecule has 0 saturated carbocycles. The lowest BCUT2D eigenvalue weighted by molar-refractivity contribution is 0.100. The SMILES string of the molecule is NC(=O)c1ccc2c(c1)NCc1ccccc1-2. The first-order chi connectivity index (χ1) is 8.25. The van der Waals surface area contributed by atoms with Crippen LogP contribution in [0.1, 0.15) is 15.9 Å². The van der Waals surface area contributed by atoms with Crippen molar-refractivity contribution in [3.8, 4) is 11.1 Å². The minimum Gasteiger partial charge on any atom is -0.380 e. The second-order valence-electron chi connectivity index (χ2n) is 4.14. The van der Waals surface area contributed by atoms with Gasteiger partial charge in [-0.25, -0.2) is 0 Å². The van der Waals surface area contributed by atoms with Crippen molar-refractivity contribution in [2.75, 3.05) is 5.32 Å². The van der Waals surface area contributed by atoms with Crippen LogP contribution >= 0.6 is 0 Å². The number of carbonyl (C=O) groups is 1. The van der Waals surface area contributed by atoms with E-state index in [1.165, 1.54) is 11.1 Å². The molecular formula is C14H12N2O. The van der Waals surface area contributed by atoms with Gasteiger partial charge in [0.2, 0.25) is 5.91 Å². The van der Waals surface area contributed by atoms with E-state index in [1.807, 2.05) is 24.3 Å². The normalized spacial score (nSPS) is 12.2. The number of nitrogens with two attached hydrogens (primary N) is 1. The molecule has 1 aliphatic heterocycles. The molecule has 0 fully saturated rings. The maximum atomic E-state index is 11.1. The molecule has 1 aliphatic rings. The van der Waals surface area contributed by atoms with Gasteiger partial charge in [0.1, 0.15) is 0 Å². The Bertz CT molecular complexity index is 605. The van der Waals surface area contributed by atoms with Crippen molar-refractivity contribution in [2.45, 2.75) is 6.54 Å². The van der Waals surface area contributed by atoms with Crippen LogP contribution in [0, 0.1) is 0 Å². The Labute approximate surface area is 99.3 Å². The van der Waals surface area contributed by atoms with Crippen LogP contribution in [0.25, 0.3) is 11.1 Å². The number of primary amides is 1. The molecular weight excluding hydrogens is 212 g/mol. The van der Waals surface area contributed by atoms with Crippen LogP contribution in [0.2, 0.25) is 0 Å². The van der Waals surface area contributed by atoms with Crippen molar-refractivity contribution in [3.63, 3.8) is 0 Å². The third-order valence-corrected chi connectivity index (χ3v) is 3.08. The Balaban J connectivity index is 2.18. The second-order valence-corrected chi connectivity index (χ2v) is 4.14. The van der Waals surface area contributed by atoms with Gasteiger partial charge in [-0.1, -0.05) is 30.3 Å². The largest absolute Gasteiger partial charge is 0.380 e. The maximum absolute atomic E-state index is 11.1. The van der Waals surface area contributed by atoms with Crippen molar-refractivity contribution in [1.29, 1.82) is 0 Å². The Morgan fingerprint density at radius 1 is 1.12 bits per heavy atom. The van der Waals surface area contributed by atoms with Crippen LogP contribution < -0.4 is 11.1 Å². The van der Waals surface area contributed by atoms with E-state index in [0.717, 1.165) is 17.8 Å². The Morgan fingerprint density at radius 3 is 2.76 bits per heavy atom. The highest BCUT2D eigenvalue weighted by atomic mass is 16.1. The van der Waals surface area contributed by atoms with E-state index in [9.17, 15) is 4.79 Å². The van der Waals surface area contributed by atoms with Gasteiger partial charge < -0.3 is 11.1 Å². The summed E-state index contributed by atoms with van der Waals surface area (Å²) in [5.41, 5.74) is 10.4. The smallest absolute Gasteiger partial charge is 0.248 e. The Kier molecular flexibility index (Phi) is 2.11. The summed E-state index contributed by atoms with van der Waals surface area (Å²) in [7, 11) is 0. The minimum atomic E-state index is -0.395. The van der Waals surface area contributed by atoms with Crippen molar-refractivity contribution in [3.05, 3.63) is 53.6 Å². The van der Waals surface area contributed by atoms with Gasteiger partial charge in [0.25, 0.3) is 0 Å². The number of rotatable bonds is 1. The summed E-state index contributed by atoms with van der Waals surface area (Å²) in [6, 6.07) is 13.8. The average molecular weight is 224 g/mol. The quantitative estimate of drug-likeness (QED) is 0.781. The topological polar surface area (TPSA) is 55.1 Å². The van der Waals surface area contributed by atoms with Gasteiger partial charge in [-0.05, 0) is 23.3 Å². The molecule has 3 N–H and O–H groups in total. The zero-order valence-electron chi connectivity index (χ0n) is 9.23. The van der Waals surface area contributed by atoms with Gasteiger partial charge in [-0.2, -0.15) is 0 Å². The third kappa shape index (κ3) is 1.56. The van der Waals surface area contributed by atoms with E-state index in [4.69, 9.17) is 5.73 Å². The summed E-state index contributed by atoms with van der Waals surface area (Å²) >= 11 is 0. The van der Waals surface area contributed by atoms with E-state index in [0.29, 0.717) is 5.56 Å². The first-order valence-corrected chi connectivity index (χ1v) is 5.52. The number of carbonyl (C=O) groups excluding carboxylic acids is 1. The van der Waals surface area contributed by atoms with E-state index in [-0.39, 0.29) is 0 Å². The van der Waals surface area contributed by atoms with Crippen LogP contribution in [0.4, 0.5) is 5.69 Å². The van der Waals surface area contributed by atoms with Gasteiger partial charge in [-0.15, -0.1) is 0 Å². The number of hydrogen-bond acceptors (Lipinski definition) is 2. The summed E-state index contributed by atoms with van der Waals surface area (Å²) in [6.07, 6.45) is 0.